The number of benzene rings is 1. The molecule has 0 unspecified atom stereocenters. The van der Waals surface area contributed by atoms with Crippen molar-refractivity contribution < 1.29 is 5.21 Å². The number of nitrogens with zero attached hydrogens (tertiary/aromatic N) is 5. The smallest absolute Gasteiger partial charge is 0.214 e. The topological polar surface area (TPSA) is 76.2 Å². The fourth-order valence-electron chi connectivity index (χ4n) is 1.15. The molecule has 82 valence electrons. The first-order valence-electron chi connectivity index (χ1n) is 4.54. The van der Waals surface area contributed by atoms with Crippen LogP contribution in [0.15, 0.2) is 40.6 Å². The standard InChI is InChI=1S/C9H9N5OS/c15-10-6-7-16-9-11-12-13-14(9)8-4-2-1-3-5-8/h1-6,15H,7H2/b10-6+. The van der Waals surface area contributed by atoms with E-state index in [9.17, 15) is 0 Å². The molecular formula is C9H9N5OS. The lowest BCUT2D eigenvalue weighted by Crippen LogP contribution is -1.99. The van der Waals surface area contributed by atoms with Gasteiger partial charge in [-0.2, -0.15) is 4.68 Å². The second-order valence-corrected chi connectivity index (χ2v) is 3.81. The molecule has 0 aliphatic rings. The molecule has 0 aliphatic carbocycles. The predicted molar refractivity (Wildman–Crippen MR) is 60.2 cm³/mol. The van der Waals surface area contributed by atoms with Crippen molar-refractivity contribution in [2.45, 2.75) is 5.16 Å². The second kappa shape index (κ2) is 5.26. The molecule has 1 aromatic heterocycles. The van der Waals surface area contributed by atoms with E-state index in [0.717, 1.165) is 5.69 Å². The summed E-state index contributed by atoms with van der Waals surface area (Å²) >= 11 is 1.39. The summed E-state index contributed by atoms with van der Waals surface area (Å²) in [6.07, 6.45) is 1.38. The minimum absolute atomic E-state index is 0.518. The van der Waals surface area contributed by atoms with Crippen LogP contribution in [0, 0.1) is 0 Å². The molecular weight excluding hydrogens is 226 g/mol. The monoisotopic (exact) mass is 235 g/mol. The van der Waals surface area contributed by atoms with Crippen LogP contribution in [0.3, 0.4) is 0 Å². The van der Waals surface area contributed by atoms with Gasteiger partial charge in [-0.05, 0) is 22.6 Å². The van der Waals surface area contributed by atoms with Gasteiger partial charge in [0.05, 0.1) is 11.9 Å². The largest absolute Gasteiger partial charge is 0.411 e. The second-order valence-electron chi connectivity index (χ2n) is 2.82. The molecule has 1 N–H and O–H groups in total. The van der Waals surface area contributed by atoms with Gasteiger partial charge in [-0.1, -0.05) is 30.0 Å². The number of oxime groups is 1. The van der Waals surface area contributed by atoms with E-state index in [1.165, 1.54) is 18.0 Å². The van der Waals surface area contributed by atoms with Crippen molar-refractivity contribution in [3.8, 4) is 5.69 Å². The Morgan fingerprint density at radius 3 is 2.94 bits per heavy atom. The van der Waals surface area contributed by atoms with Crippen LogP contribution in [0.1, 0.15) is 0 Å². The van der Waals surface area contributed by atoms with Gasteiger partial charge in [-0.15, -0.1) is 10.3 Å². The maximum atomic E-state index is 8.28. The highest BCUT2D eigenvalue weighted by molar-refractivity contribution is 7.99. The van der Waals surface area contributed by atoms with Crippen LogP contribution in [0.2, 0.25) is 0 Å². The molecule has 0 bridgehead atoms. The maximum Gasteiger partial charge on any atom is 0.214 e. The Morgan fingerprint density at radius 2 is 2.19 bits per heavy atom. The lowest BCUT2D eigenvalue weighted by molar-refractivity contribution is 0.321. The van der Waals surface area contributed by atoms with Gasteiger partial charge >= 0.3 is 0 Å². The van der Waals surface area contributed by atoms with Crippen LogP contribution < -0.4 is 0 Å². The Hall–Kier alpha value is -1.89. The maximum absolute atomic E-state index is 8.28. The Kier molecular flexibility index (Phi) is 3.50. The van der Waals surface area contributed by atoms with E-state index >= 15 is 0 Å². The van der Waals surface area contributed by atoms with E-state index < -0.39 is 0 Å². The first-order chi connectivity index (χ1) is 7.92. The highest BCUT2D eigenvalue weighted by Gasteiger charge is 2.07. The van der Waals surface area contributed by atoms with Crippen molar-refractivity contribution in [1.29, 1.82) is 0 Å². The first-order valence-corrected chi connectivity index (χ1v) is 5.53. The molecule has 2 aromatic rings. The van der Waals surface area contributed by atoms with Gasteiger partial charge in [0.2, 0.25) is 5.16 Å². The van der Waals surface area contributed by atoms with E-state index in [0.29, 0.717) is 10.9 Å². The van der Waals surface area contributed by atoms with Gasteiger partial charge in [0.1, 0.15) is 0 Å². The number of rotatable bonds is 4. The minimum atomic E-state index is 0.518. The number of hydrogen-bond acceptors (Lipinski definition) is 6. The molecule has 6 nitrogen and oxygen atoms in total. The van der Waals surface area contributed by atoms with Crippen molar-refractivity contribution in [1.82, 2.24) is 20.2 Å². The van der Waals surface area contributed by atoms with E-state index in [1.807, 2.05) is 30.3 Å². The van der Waals surface area contributed by atoms with Gasteiger partial charge in [0, 0.05) is 5.75 Å². The molecule has 16 heavy (non-hydrogen) atoms. The van der Waals surface area contributed by atoms with Crippen molar-refractivity contribution in [2.24, 2.45) is 5.16 Å². The number of hydrogen-bond donors (Lipinski definition) is 1. The first kappa shape index (κ1) is 10.6. The number of aromatic nitrogens is 4. The zero-order valence-electron chi connectivity index (χ0n) is 8.26. The van der Waals surface area contributed by atoms with Crippen LogP contribution in [0.25, 0.3) is 5.69 Å². The Balaban J connectivity index is 2.19. The van der Waals surface area contributed by atoms with Gasteiger partial charge < -0.3 is 5.21 Å². The summed E-state index contributed by atoms with van der Waals surface area (Å²) in [7, 11) is 0. The molecule has 0 radical (unpaired) electrons. The average Bonchev–Trinajstić information content (AvgIpc) is 2.79. The minimum Gasteiger partial charge on any atom is -0.411 e. The SMILES string of the molecule is O/N=C/CSc1nnnn1-c1ccccc1. The Bertz CT molecular complexity index is 470. The summed E-state index contributed by atoms with van der Waals surface area (Å²) < 4.78 is 1.63. The van der Waals surface area contributed by atoms with Gasteiger partial charge in [0.25, 0.3) is 0 Å². The summed E-state index contributed by atoms with van der Waals surface area (Å²) in [5.74, 6) is 0.518. The lowest BCUT2D eigenvalue weighted by Gasteiger charge is -2.01. The molecule has 1 aromatic carbocycles. The molecule has 0 saturated heterocycles. The quantitative estimate of drug-likeness (QED) is 0.373. The summed E-state index contributed by atoms with van der Waals surface area (Å²) in [6, 6.07) is 9.60. The van der Waals surface area contributed by atoms with E-state index in [1.54, 1.807) is 4.68 Å². The highest BCUT2D eigenvalue weighted by Crippen LogP contribution is 2.16. The van der Waals surface area contributed by atoms with Crippen molar-refractivity contribution in [3.63, 3.8) is 0 Å². The third-order valence-electron chi connectivity index (χ3n) is 1.81. The normalized spacial score (nSPS) is 11.0. The Morgan fingerprint density at radius 1 is 1.38 bits per heavy atom. The van der Waals surface area contributed by atoms with Crippen LogP contribution in [0.5, 0.6) is 0 Å². The summed E-state index contributed by atoms with van der Waals surface area (Å²) in [5.41, 5.74) is 0.899. The fraction of sp³-hybridized carbons (Fsp3) is 0.111. The van der Waals surface area contributed by atoms with Crippen LogP contribution in [0.4, 0.5) is 0 Å². The zero-order valence-corrected chi connectivity index (χ0v) is 9.08. The number of thioether (sulfide) groups is 1. The summed E-state index contributed by atoms with van der Waals surface area (Å²) in [5, 5.41) is 23.2. The average molecular weight is 235 g/mol. The summed E-state index contributed by atoms with van der Waals surface area (Å²) in [6.45, 7) is 0. The Labute approximate surface area is 96.0 Å². The van der Waals surface area contributed by atoms with Gasteiger partial charge in [-0.25, -0.2) is 0 Å². The van der Waals surface area contributed by atoms with E-state index in [-0.39, 0.29) is 0 Å². The predicted octanol–water partition coefficient (Wildman–Crippen LogP) is 1.21. The van der Waals surface area contributed by atoms with Crippen LogP contribution in [-0.2, 0) is 0 Å². The fourth-order valence-corrected chi connectivity index (χ4v) is 1.79. The van der Waals surface area contributed by atoms with E-state index in [4.69, 9.17) is 5.21 Å². The molecule has 0 fully saturated rings. The third kappa shape index (κ3) is 2.37. The van der Waals surface area contributed by atoms with Crippen molar-refractivity contribution >= 4 is 18.0 Å². The highest BCUT2D eigenvalue weighted by atomic mass is 32.2. The number of para-hydroxylation sites is 1. The van der Waals surface area contributed by atoms with Gasteiger partial charge in [-0.3, -0.25) is 0 Å². The zero-order chi connectivity index (χ0) is 11.2. The molecule has 0 spiro atoms. The molecule has 7 heteroatoms. The third-order valence-corrected chi connectivity index (χ3v) is 2.64. The molecule has 1 heterocycles. The van der Waals surface area contributed by atoms with Crippen molar-refractivity contribution in [3.05, 3.63) is 30.3 Å². The molecule has 0 saturated carbocycles. The van der Waals surface area contributed by atoms with Crippen LogP contribution >= 0.6 is 11.8 Å². The van der Waals surface area contributed by atoms with Crippen LogP contribution in [-0.4, -0.2) is 37.4 Å². The van der Waals surface area contributed by atoms with E-state index in [2.05, 4.69) is 20.7 Å². The summed E-state index contributed by atoms with van der Waals surface area (Å²) in [4.78, 5) is 0. The van der Waals surface area contributed by atoms with Gasteiger partial charge in [0.15, 0.2) is 0 Å². The molecule has 2 rings (SSSR count). The number of tetrazole rings is 1. The molecule has 0 amide bonds. The van der Waals surface area contributed by atoms with Crippen molar-refractivity contribution in [2.75, 3.05) is 5.75 Å². The molecule has 0 aliphatic heterocycles. The molecule has 0 atom stereocenters. The lowest BCUT2D eigenvalue weighted by atomic mass is 10.3.